The van der Waals surface area contributed by atoms with Crippen molar-refractivity contribution in [1.29, 1.82) is 0 Å². The lowest BCUT2D eigenvalue weighted by Gasteiger charge is -2.23. The first-order valence-corrected chi connectivity index (χ1v) is 6.55. The minimum atomic E-state index is -1.44. The molecule has 1 aliphatic rings. The molecular weight excluding hydrogens is 281 g/mol. The van der Waals surface area contributed by atoms with E-state index in [0.717, 1.165) is 25.6 Å². The standard InChI is InChI=1S/C13H16FN3O4/c1-15-3-2-4-16(6-5-15)12-7-9(13(18)19)11(17(20)21)8-10(12)14/h7-8H,2-6H2,1H3,(H,18,19). The van der Waals surface area contributed by atoms with Crippen molar-refractivity contribution in [2.75, 3.05) is 38.1 Å². The lowest BCUT2D eigenvalue weighted by molar-refractivity contribution is -0.385. The molecule has 0 bridgehead atoms. The fourth-order valence-electron chi connectivity index (χ4n) is 2.40. The molecule has 1 N–H and O–H groups in total. The van der Waals surface area contributed by atoms with Gasteiger partial charge in [0.15, 0.2) is 5.82 Å². The molecule has 1 saturated heterocycles. The number of rotatable bonds is 3. The number of nitrogens with zero attached hydrogens (tertiary/aromatic N) is 3. The van der Waals surface area contributed by atoms with Crippen LogP contribution in [0.2, 0.25) is 0 Å². The molecule has 0 radical (unpaired) electrons. The molecule has 114 valence electrons. The lowest BCUT2D eigenvalue weighted by Crippen LogP contribution is -2.29. The van der Waals surface area contributed by atoms with Crippen molar-refractivity contribution in [3.63, 3.8) is 0 Å². The Hall–Kier alpha value is -2.22. The summed E-state index contributed by atoms with van der Waals surface area (Å²) in [4.78, 5) is 24.9. The Kier molecular flexibility index (Phi) is 4.37. The predicted octanol–water partition coefficient (Wildman–Crippen LogP) is 1.57. The summed E-state index contributed by atoms with van der Waals surface area (Å²) in [6.45, 7) is 2.72. The average Bonchev–Trinajstić information content (AvgIpc) is 2.63. The van der Waals surface area contributed by atoms with Crippen molar-refractivity contribution in [3.05, 3.63) is 33.6 Å². The van der Waals surface area contributed by atoms with Gasteiger partial charge in [0.25, 0.3) is 5.69 Å². The zero-order valence-electron chi connectivity index (χ0n) is 11.6. The van der Waals surface area contributed by atoms with Crippen LogP contribution in [0.5, 0.6) is 0 Å². The summed E-state index contributed by atoms with van der Waals surface area (Å²) in [5.74, 6) is -2.20. The van der Waals surface area contributed by atoms with Crippen LogP contribution in [0.25, 0.3) is 0 Å². The summed E-state index contributed by atoms with van der Waals surface area (Å²) in [6.07, 6.45) is 0.815. The minimum Gasteiger partial charge on any atom is -0.477 e. The van der Waals surface area contributed by atoms with Gasteiger partial charge in [-0.15, -0.1) is 0 Å². The number of halogens is 1. The van der Waals surface area contributed by atoms with E-state index in [-0.39, 0.29) is 5.69 Å². The van der Waals surface area contributed by atoms with Crippen LogP contribution in [0.3, 0.4) is 0 Å². The van der Waals surface area contributed by atoms with Gasteiger partial charge in [-0.2, -0.15) is 0 Å². The van der Waals surface area contributed by atoms with Crippen LogP contribution >= 0.6 is 0 Å². The third kappa shape index (κ3) is 3.27. The van der Waals surface area contributed by atoms with Gasteiger partial charge in [0, 0.05) is 19.6 Å². The van der Waals surface area contributed by atoms with Gasteiger partial charge < -0.3 is 14.9 Å². The van der Waals surface area contributed by atoms with Crippen LogP contribution in [0.15, 0.2) is 12.1 Å². The molecule has 0 aliphatic carbocycles. The third-order valence-corrected chi connectivity index (χ3v) is 3.55. The first kappa shape index (κ1) is 15.2. The highest BCUT2D eigenvalue weighted by Gasteiger charge is 2.26. The Morgan fingerprint density at radius 1 is 1.33 bits per heavy atom. The van der Waals surface area contributed by atoms with Crippen molar-refractivity contribution in [1.82, 2.24) is 4.90 Å². The van der Waals surface area contributed by atoms with Crippen molar-refractivity contribution < 1.29 is 19.2 Å². The van der Waals surface area contributed by atoms with Gasteiger partial charge in [0.1, 0.15) is 5.56 Å². The second-order valence-electron chi connectivity index (χ2n) is 5.03. The SMILES string of the molecule is CN1CCCN(c2cc(C(=O)O)c([N+](=O)[O-])cc2F)CC1. The zero-order valence-corrected chi connectivity index (χ0v) is 11.6. The number of nitro benzene ring substituents is 1. The Morgan fingerprint density at radius 3 is 2.67 bits per heavy atom. The van der Waals surface area contributed by atoms with Gasteiger partial charge in [-0.05, 0) is 26.1 Å². The number of nitro groups is 1. The topological polar surface area (TPSA) is 86.9 Å². The van der Waals surface area contributed by atoms with E-state index in [1.54, 1.807) is 4.90 Å². The van der Waals surface area contributed by atoms with Gasteiger partial charge in [-0.1, -0.05) is 0 Å². The summed E-state index contributed by atoms with van der Waals surface area (Å²) in [6, 6.07) is 1.74. The molecule has 0 spiro atoms. The summed E-state index contributed by atoms with van der Waals surface area (Å²) in [5, 5.41) is 19.9. The van der Waals surface area contributed by atoms with Crippen LogP contribution in [-0.2, 0) is 0 Å². The normalized spacial score (nSPS) is 16.6. The predicted molar refractivity (Wildman–Crippen MR) is 74.3 cm³/mol. The molecule has 0 unspecified atom stereocenters. The van der Waals surface area contributed by atoms with Crippen molar-refractivity contribution >= 4 is 17.3 Å². The second kappa shape index (κ2) is 6.04. The molecule has 21 heavy (non-hydrogen) atoms. The number of likely N-dealkylation sites (N-methyl/N-ethyl adjacent to an activating group) is 1. The number of hydrogen-bond donors (Lipinski definition) is 1. The molecule has 7 nitrogen and oxygen atoms in total. The summed E-state index contributed by atoms with van der Waals surface area (Å²) < 4.78 is 14.1. The Bertz CT molecular complexity index is 579. The zero-order chi connectivity index (χ0) is 15.6. The molecular formula is C13H16FN3O4. The van der Waals surface area contributed by atoms with E-state index in [2.05, 4.69) is 4.90 Å². The molecule has 1 fully saturated rings. The van der Waals surface area contributed by atoms with Crippen LogP contribution in [0, 0.1) is 15.9 Å². The maximum atomic E-state index is 14.1. The van der Waals surface area contributed by atoms with Crippen molar-refractivity contribution in [3.8, 4) is 0 Å². The monoisotopic (exact) mass is 297 g/mol. The number of aromatic carboxylic acids is 1. The van der Waals surface area contributed by atoms with Crippen LogP contribution in [-0.4, -0.2) is 54.1 Å². The van der Waals surface area contributed by atoms with E-state index < -0.39 is 28.0 Å². The second-order valence-corrected chi connectivity index (χ2v) is 5.03. The molecule has 0 amide bonds. The van der Waals surface area contributed by atoms with Crippen LogP contribution in [0.1, 0.15) is 16.8 Å². The van der Waals surface area contributed by atoms with E-state index in [1.807, 2.05) is 7.05 Å². The van der Waals surface area contributed by atoms with E-state index in [1.165, 1.54) is 0 Å². The minimum absolute atomic E-state index is 0.105. The maximum absolute atomic E-state index is 14.1. The number of carbonyl (C=O) groups is 1. The first-order chi connectivity index (χ1) is 9.90. The molecule has 1 aromatic rings. The number of hydrogen-bond acceptors (Lipinski definition) is 5. The molecule has 1 heterocycles. The smallest absolute Gasteiger partial charge is 0.342 e. The van der Waals surface area contributed by atoms with Gasteiger partial charge in [-0.3, -0.25) is 10.1 Å². The van der Waals surface area contributed by atoms with Gasteiger partial charge in [0.2, 0.25) is 0 Å². The average molecular weight is 297 g/mol. The van der Waals surface area contributed by atoms with E-state index >= 15 is 0 Å². The quantitative estimate of drug-likeness (QED) is 0.673. The fourth-order valence-corrected chi connectivity index (χ4v) is 2.40. The maximum Gasteiger partial charge on any atom is 0.342 e. The summed E-state index contributed by atoms with van der Waals surface area (Å²) >= 11 is 0. The van der Waals surface area contributed by atoms with Crippen LogP contribution < -0.4 is 4.90 Å². The molecule has 8 heteroatoms. The number of carboxylic acid groups (broad SMARTS) is 1. The van der Waals surface area contributed by atoms with E-state index in [9.17, 15) is 19.3 Å². The number of carboxylic acids is 1. The molecule has 0 saturated carbocycles. The molecule has 1 aromatic carbocycles. The van der Waals surface area contributed by atoms with E-state index in [4.69, 9.17) is 5.11 Å². The summed E-state index contributed by atoms with van der Waals surface area (Å²) in [7, 11) is 1.96. The third-order valence-electron chi connectivity index (χ3n) is 3.55. The van der Waals surface area contributed by atoms with E-state index in [0.29, 0.717) is 19.2 Å². The fraction of sp³-hybridized carbons (Fsp3) is 0.462. The van der Waals surface area contributed by atoms with Crippen molar-refractivity contribution in [2.45, 2.75) is 6.42 Å². The molecule has 1 aliphatic heterocycles. The van der Waals surface area contributed by atoms with Gasteiger partial charge in [0.05, 0.1) is 16.7 Å². The molecule has 2 rings (SSSR count). The Morgan fingerprint density at radius 2 is 2.05 bits per heavy atom. The van der Waals surface area contributed by atoms with Crippen LogP contribution in [0.4, 0.5) is 15.8 Å². The van der Waals surface area contributed by atoms with Gasteiger partial charge in [-0.25, -0.2) is 9.18 Å². The Balaban J connectivity index is 2.42. The Labute approximate surface area is 120 Å². The highest BCUT2D eigenvalue weighted by atomic mass is 19.1. The highest BCUT2D eigenvalue weighted by molar-refractivity contribution is 5.93. The highest BCUT2D eigenvalue weighted by Crippen LogP contribution is 2.29. The lowest BCUT2D eigenvalue weighted by atomic mass is 10.1. The summed E-state index contributed by atoms with van der Waals surface area (Å²) in [5.41, 5.74) is -1.11. The van der Waals surface area contributed by atoms with Crippen molar-refractivity contribution in [2.24, 2.45) is 0 Å². The first-order valence-electron chi connectivity index (χ1n) is 6.55. The number of benzene rings is 1. The largest absolute Gasteiger partial charge is 0.477 e. The number of anilines is 1. The molecule has 0 aromatic heterocycles. The van der Waals surface area contributed by atoms with Gasteiger partial charge >= 0.3 is 5.97 Å². The molecule has 0 atom stereocenters.